The van der Waals surface area contributed by atoms with Gasteiger partial charge in [-0.15, -0.1) is 0 Å². The van der Waals surface area contributed by atoms with E-state index >= 15 is 0 Å². The van der Waals surface area contributed by atoms with Gasteiger partial charge in [-0.2, -0.15) is 0 Å². The van der Waals surface area contributed by atoms with Crippen molar-refractivity contribution in [2.45, 2.75) is 44.6 Å². The standard InChI is InChI=1S/C19H28ClFN4O/c1-5-13(2)24-18(22-11-17(26)25(3)4)23-12-19(8-9-19)15-7-6-14(21)10-16(15)20/h6-7,10,13H,5,8-9,11-12H2,1-4H3,(H2,22,23,24). The van der Waals surface area contributed by atoms with Gasteiger partial charge in [-0.1, -0.05) is 24.6 Å². The van der Waals surface area contributed by atoms with Crippen molar-refractivity contribution in [1.29, 1.82) is 0 Å². The number of carbonyl (C=O) groups is 1. The Morgan fingerprint density at radius 2 is 2.12 bits per heavy atom. The molecule has 2 N–H and O–H groups in total. The molecule has 0 bridgehead atoms. The quantitative estimate of drug-likeness (QED) is 0.563. The van der Waals surface area contributed by atoms with Gasteiger partial charge in [0.25, 0.3) is 0 Å². The predicted octanol–water partition coefficient (Wildman–Crippen LogP) is 2.93. The molecule has 1 aromatic carbocycles. The number of carbonyl (C=O) groups excluding carboxylic acids is 1. The Labute approximate surface area is 160 Å². The SMILES string of the molecule is CCC(C)NC(=NCC(=O)N(C)C)NCC1(c2ccc(F)cc2Cl)CC1. The molecular weight excluding hydrogens is 355 g/mol. The summed E-state index contributed by atoms with van der Waals surface area (Å²) in [6.07, 6.45) is 2.91. The molecule has 1 fully saturated rings. The lowest BCUT2D eigenvalue weighted by Crippen LogP contribution is -2.45. The van der Waals surface area contributed by atoms with Crippen LogP contribution in [-0.4, -0.2) is 50.0 Å². The third kappa shape index (κ3) is 5.34. The highest BCUT2D eigenvalue weighted by molar-refractivity contribution is 6.31. The Balaban J connectivity index is 2.08. The molecule has 1 atom stereocenters. The van der Waals surface area contributed by atoms with E-state index in [-0.39, 0.29) is 29.7 Å². The number of likely N-dealkylation sites (N-methyl/N-ethyl adjacent to an activating group) is 1. The molecule has 5 nitrogen and oxygen atoms in total. The first kappa shape index (κ1) is 20.5. The van der Waals surface area contributed by atoms with Crippen LogP contribution in [0.2, 0.25) is 5.02 Å². The van der Waals surface area contributed by atoms with Crippen LogP contribution in [-0.2, 0) is 10.2 Å². The predicted molar refractivity (Wildman–Crippen MR) is 104 cm³/mol. The second-order valence-corrected chi connectivity index (χ2v) is 7.57. The Kier molecular flexibility index (Phi) is 6.87. The molecule has 1 aromatic rings. The van der Waals surface area contributed by atoms with Crippen LogP contribution in [0, 0.1) is 5.82 Å². The number of rotatable bonds is 7. The van der Waals surface area contributed by atoms with E-state index < -0.39 is 0 Å². The lowest BCUT2D eigenvalue weighted by molar-refractivity contribution is -0.127. The molecule has 144 valence electrons. The monoisotopic (exact) mass is 382 g/mol. The highest BCUT2D eigenvalue weighted by atomic mass is 35.5. The Morgan fingerprint density at radius 3 is 2.65 bits per heavy atom. The number of nitrogens with one attached hydrogen (secondary N) is 2. The number of hydrogen-bond donors (Lipinski definition) is 2. The molecule has 1 amide bonds. The summed E-state index contributed by atoms with van der Waals surface area (Å²) in [5.41, 5.74) is 0.856. The maximum Gasteiger partial charge on any atom is 0.243 e. The summed E-state index contributed by atoms with van der Waals surface area (Å²) in [4.78, 5) is 17.7. The van der Waals surface area contributed by atoms with Gasteiger partial charge in [-0.05, 0) is 43.9 Å². The van der Waals surface area contributed by atoms with Crippen LogP contribution in [0.4, 0.5) is 4.39 Å². The minimum absolute atomic E-state index is 0.0574. The van der Waals surface area contributed by atoms with Crippen molar-refractivity contribution in [3.63, 3.8) is 0 Å². The normalized spacial score (nSPS) is 16.8. The van der Waals surface area contributed by atoms with Gasteiger partial charge in [-0.3, -0.25) is 4.79 Å². The van der Waals surface area contributed by atoms with Crippen LogP contribution in [0.1, 0.15) is 38.7 Å². The van der Waals surface area contributed by atoms with Crippen LogP contribution in [0.3, 0.4) is 0 Å². The average Bonchev–Trinajstić information content (AvgIpc) is 3.37. The van der Waals surface area contributed by atoms with Gasteiger partial charge in [0, 0.05) is 37.1 Å². The molecule has 26 heavy (non-hydrogen) atoms. The summed E-state index contributed by atoms with van der Waals surface area (Å²) >= 11 is 6.25. The number of amides is 1. The van der Waals surface area contributed by atoms with Crippen LogP contribution in [0.15, 0.2) is 23.2 Å². The van der Waals surface area contributed by atoms with Gasteiger partial charge in [0.1, 0.15) is 12.4 Å². The van der Waals surface area contributed by atoms with Gasteiger partial charge in [-0.25, -0.2) is 9.38 Å². The number of aliphatic imine (C=N–C) groups is 1. The molecule has 0 aromatic heterocycles. The highest BCUT2D eigenvalue weighted by Crippen LogP contribution is 2.50. The van der Waals surface area contributed by atoms with Gasteiger partial charge < -0.3 is 15.5 Å². The lowest BCUT2D eigenvalue weighted by atomic mass is 9.96. The Morgan fingerprint density at radius 1 is 1.42 bits per heavy atom. The molecule has 2 rings (SSSR count). The average molecular weight is 383 g/mol. The molecule has 1 unspecified atom stereocenters. The van der Waals surface area contributed by atoms with Crippen molar-refractivity contribution < 1.29 is 9.18 Å². The molecule has 0 saturated heterocycles. The topological polar surface area (TPSA) is 56.7 Å². The van der Waals surface area contributed by atoms with E-state index in [2.05, 4.69) is 29.5 Å². The number of halogens is 2. The van der Waals surface area contributed by atoms with Crippen LogP contribution in [0.25, 0.3) is 0 Å². The molecule has 7 heteroatoms. The van der Waals surface area contributed by atoms with E-state index in [0.29, 0.717) is 17.5 Å². The van der Waals surface area contributed by atoms with E-state index in [1.807, 2.05) is 0 Å². The fourth-order valence-electron chi connectivity index (χ4n) is 2.64. The summed E-state index contributed by atoms with van der Waals surface area (Å²) in [5, 5.41) is 7.11. The number of nitrogens with zero attached hydrogens (tertiary/aromatic N) is 2. The smallest absolute Gasteiger partial charge is 0.243 e. The summed E-state index contributed by atoms with van der Waals surface area (Å²) in [6, 6.07) is 4.81. The zero-order valence-electron chi connectivity index (χ0n) is 15.9. The fraction of sp³-hybridized carbons (Fsp3) is 0.579. The van der Waals surface area contributed by atoms with Crippen molar-refractivity contribution in [3.8, 4) is 0 Å². The van der Waals surface area contributed by atoms with Gasteiger partial charge in [0.15, 0.2) is 5.96 Å². The maximum atomic E-state index is 13.3. The van der Waals surface area contributed by atoms with Crippen molar-refractivity contribution >= 4 is 23.5 Å². The second kappa shape index (κ2) is 8.71. The number of benzene rings is 1. The Bertz CT molecular complexity index is 674. The van der Waals surface area contributed by atoms with Crippen LogP contribution < -0.4 is 10.6 Å². The molecular formula is C19H28ClFN4O. The zero-order chi connectivity index (χ0) is 19.3. The third-order valence-corrected chi connectivity index (χ3v) is 5.13. The van der Waals surface area contributed by atoms with Gasteiger partial charge >= 0.3 is 0 Å². The third-order valence-electron chi connectivity index (χ3n) is 4.82. The van der Waals surface area contributed by atoms with Crippen LogP contribution >= 0.6 is 11.6 Å². The van der Waals surface area contributed by atoms with E-state index in [4.69, 9.17) is 11.6 Å². The van der Waals surface area contributed by atoms with Gasteiger partial charge in [0.05, 0.1) is 0 Å². The summed E-state index contributed by atoms with van der Waals surface area (Å²) in [6.45, 7) is 4.87. The first-order valence-electron chi connectivity index (χ1n) is 8.98. The molecule has 0 heterocycles. The van der Waals surface area contributed by atoms with Crippen molar-refractivity contribution in [2.75, 3.05) is 27.2 Å². The molecule has 0 spiro atoms. The molecule has 1 aliphatic carbocycles. The molecule has 0 radical (unpaired) electrons. The zero-order valence-corrected chi connectivity index (χ0v) is 16.7. The van der Waals surface area contributed by atoms with Crippen molar-refractivity contribution in [1.82, 2.24) is 15.5 Å². The van der Waals surface area contributed by atoms with E-state index in [1.165, 1.54) is 17.0 Å². The first-order chi connectivity index (χ1) is 12.3. The van der Waals surface area contributed by atoms with Gasteiger partial charge in [0.2, 0.25) is 5.91 Å². The van der Waals surface area contributed by atoms with E-state index in [1.54, 1.807) is 20.2 Å². The minimum Gasteiger partial charge on any atom is -0.355 e. The minimum atomic E-state index is -0.328. The van der Waals surface area contributed by atoms with Crippen molar-refractivity contribution in [2.24, 2.45) is 4.99 Å². The fourth-order valence-corrected chi connectivity index (χ4v) is 3.01. The van der Waals surface area contributed by atoms with E-state index in [9.17, 15) is 9.18 Å². The number of hydrogen-bond acceptors (Lipinski definition) is 2. The van der Waals surface area contributed by atoms with E-state index in [0.717, 1.165) is 24.8 Å². The first-order valence-corrected chi connectivity index (χ1v) is 9.36. The number of guanidine groups is 1. The largest absolute Gasteiger partial charge is 0.355 e. The molecule has 1 saturated carbocycles. The van der Waals surface area contributed by atoms with Crippen LogP contribution in [0.5, 0.6) is 0 Å². The molecule has 1 aliphatic rings. The Hall–Kier alpha value is -1.82. The lowest BCUT2D eigenvalue weighted by Gasteiger charge is -2.22. The summed E-state index contributed by atoms with van der Waals surface area (Å²) in [7, 11) is 3.42. The van der Waals surface area contributed by atoms with Crippen molar-refractivity contribution in [3.05, 3.63) is 34.6 Å². The molecule has 0 aliphatic heterocycles. The highest BCUT2D eigenvalue weighted by Gasteiger charge is 2.45. The summed E-state index contributed by atoms with van der Waals surface area (Å²) in [5.74, 6) is 0.224. The summed E-state index contributed by atoms with van der Waals surface area (Å²) < 4.78 is 13.3. The maximum absolute atomic E-state index is 13.3. The second-order valence-electron chi connectivity index (χ2n) is 7.16.